The third-order valence-electron chi connectivity index (χ3n) is 4.78. The molecule has 1 fully saturated rings. The van der Waals surface area contributed by atoms with Gasteiger partial charge in [-0.15, -0.1) is 0 Å². The Kier molecular flexibility index (Phi) is 4.58. The highest BCUT2D eigenvalue weighted by Crippen LogP contribution is 2.24. The molecule has 1 unspecified atom stereocenters. The molecule has 1 amide bonds. The van der Waals surface area contributed by atoms with Crippen LogP contribution in [0.25, 0.3) is 22.4 Å². The number of ether oxygens (including phenoxy) is 1. The molecule has 1 aromatic heterocycles. The minimum absolute atomic E-state index is 0.447. The third kappa shape index (κ3) is 3.55. The summed E-state index contributed by atoms with van der Waals surface area (Å²) >= 11 is 0. The normalized spacial score (nSPS) is 17.3. The Morgan fingerprint density at radius 3 is 2.81 bits per heavy atom. The van der Waals surface area contributed by atoms with Gasteiger partial charge in [0.05, 0.1) is 17.6 Å². The fourth-order valence-electron chi connectivity index (χ4n) is 3.29. The van der Waals surface area contributed by atoms with E-state index in [2.05, 4.69) is 15.3 Å². The van der Waals surface area contributed by atoms with Crippen LogP contribution in [0.4, 0.5) is 0 Å². The molecule has 2 heterocycles. The van der Waals surface area contributed by atoms with Crippen LogP contribution in [0.1, 0.15) is 23.2 Å². The van der Waals surface area contributed by atoms with Crippen LogP contribution in [-0.2, 0) is 0 Å². The SMILES string of the molecule is NC(=O)c1ccc2nc(-c3ccc(OCC4CCCNC4)cc3)[nH]c2c1. The van der Waals surface area contributed by atoms with Gasteiger partial charge < -0.3 is 20.8 Å². The molecule has 134 valence electrons. The molecule has 2 aromatic carbocycles. The van der Waals surface area contributed by atoms with Crippen LogP contribution in [0.15, 0.2) is 42.5 Å². The molecule has 3 aromatic rings. The summed E-state index contributed by atoms with van der Waals surface area (Å²) in [5.41, 5.74) is 8.36. The van der Waals surface area contributed by atoms with E-state index in [0.717, 1.165) is 47.9 Å². The number of hydrogen-bond donors (Lipinski definition) is 3. The smallest absolute Gasteiger partial charge is 0.248 e. The second-order valence-corrected chi connectivity index (χ2v) is 6.73. The maximum absolute atomic E-state index is 11.3. The summed E-state index contributed by atoms with van der Waals surface area (Å²) in [6.07, 6.45) is 2.44. The molecule has 0 bridgehead atoms. The van der Waals surface area contributed by atoms with Crippen LogP contribution < -0.4 is 15.8 Å². The number of primary amides is 1. The molecule has 6 heteroatoms. The first-order valence-corrected chi connectivity index (χ1v) is 8.92. The van der Waals surface area contributed by atoms with E-state index in [1.54, 1.807) is 18.2 Å². The maximum atomic E-state index is 11.3. The molecular formula is C20H22N4O2. The van der Waals surface area contributed by atoms with Crippen LogP contribution in [0.5, 0.6) is 5.75 Å². The number of H-pyrrole nitrogens is 1. The first-order valence-electron chi connectivity index (χ1n) is 8.92. The fraction of sp³-hybridized carbons (Fsp3) is 0.300. The zero-order chi connectivity index (χ0) is 17.9. The van der Waals surface area contributed by atoms with Gasteiger partial charge in [0.1, 0.15) is 11.6 Å². The van der Waals surface area contributed by atoms with Gasteiger partial charge in [-0.3, -0.25) is 4.79 Å². The molecule has 0 aliphatic carbocycles. The molecule has 0 radical (unpaired) electrons. The average molecular weight is 350 g/mol. The first kappa shape index (κ1) is 16.6. The number of fused-ring (bicyclic) bond motifs is 1. The van der Waals surface area contributed by atoms with Gasteiger partial charge in [-0.1, -0.05) is 0 Å². The number of imidazole rings is 1. The number of nitrogens with zero attached hydrogens (tertiary/aromatic N) is 1. The predicted octanol–water partition coefficient (Wildman–Crippen LogP) is 2.71. The van der Waals surface area contributed by atoms with Crippen molar-refractivity contribution in [2.75, 3.05) is 19.7 Å². The Balaban J connectivity index is 1.47. The van der Waals surface area contributed by atoms with E-state index in [4.69, 9.17) is 10.5 Å². The number of benzene rings is 2. The minimum Gasteiger partial charge on any atom is -0.493 e. The van der Waals surface area contributed by atoms with Crippen molar-refractivity contribution in [3.05, 3.63) is 48.0 Å². The summed E-state index contributed by atoms with van der Waals surface area (Å²) < 4.78 is 5.92. The number of carbonyl (C=O) groups excluding carboxylic acids is 1. The second kappa shape index (κ2) is 7.17. The Labute approximate surface area is 151 Å². The highest BCUT2D eigenvalue weighted by atomic mass is 16.5. The van der Waals surface area contributed by atoms with E-state index in [0.29, 0.717) is 11.5 Å². The standard InChI is InChI=1S/C20H22N4O2/c21-19(25)15-5-8-17-18(10-15)24-20(23-17)14-3-6-16(7-4-14)26-12-13-2-1-9-22-11-13/h3-8,10,13,22H,1-2,9,11-12H2,(H2,21,25)(H,23,24). The van der Waals surface area contributed by atoms with Crippen molar-refractivity contribution >= 4 is 16.9 Å². The lowest BCUT2D eigenvalue weighted by atomic mass is 10.0. The predicted molar refractivity (Wildman–Crippen MR) is 101 cm³/mol. The van der Waals surface area contributed by atoms with Gasteiger partial charge in [-0.2, -0.15) is 0 Å². The number of amides is 1. The molecular weight excluding hydrogens is 328 g/mol. The van der Waals surface area contributed by atoms with E-state index in [-0.39, 0.29) is 0 Å². The van der Waals surface area contributed by atoms with E-state index in [1.807, 2.05) is 24.3 Å². The molecule has 1 aliphatic heterocycles. The van der Waals surface area contributed by atoms with Gasteiger partial charge in [0.25, 0.3) is 0 Å². The Bertz CT molecular complexity index is 911. The van der Waals surface area contributed by atoms with Gasteiger partial charge >= 0.3 is 0 Å². The lowest BCUT2D eigenvalue weighted by molar-refractivity contribution is 0.100. The quantitative estimate of drug-likeness (QED) is 0.659. The molecule has 4 rings (SSSR count). The third-order valence-corrected chi connectivity index (χ3v) is 4.78. The second-order valence-electron chi connectivity index (χ2n) is 6.73. The molecule has 4 N–H and O–H groups in total. The number of carbonyl (C=O) groups is 1. The largest absolute Gasteiger partial charge is 0.493 e. The summed E-state index contributed by atoms with van der Waals surface area (Å²) in [5.74, 6) is 1.76. The number of aromatic amines is 1. The molecule has 0 saturated carbocycles. The topological polar surface area (TPSA) is 93.0 Å². The van der Waals surface area contributed by atoms with Gasteiger partial charge in [0, 0.05) is 23.6 Å². The van der Waals surface area contributed by atoms with Crippen molar-refractivity contribution in [3.63, 3.8) is 0 Å². The van der Waals surface area contributed by atoms with Crippen molar-refractivity contribution in [1.29, 1.82) is 0 Å². The van der Waals surface area contributed by atoms with Crippen molar-refractivity contribution in [2.24, 2.45) is 11.7 Å². The van der Waals surface area contributed by atoms with Crippen LogP contribution in [0.2, 0.25) is 0 Å². The van der Waals surface area contributed by atoms with Crippen molar-refractivity contribution < 1.29 is 9.53 Å². The number of nitrogens with one attached hydrogen (secondary N) is 2. The fourth-order valence-corrected chi connectivity index (χ4v) is 3.29. The Morgan fingerprint density at radius 1 is 1.23 bits per heavy atom. The van der Waals surface area contributed by atoms with Crippen LogP contribution in [0, 0.1) is 5.92 Å². The van der Waals surface area contributed by atoms with Crippen LogP contribution in [-0.4, -0.2) is 35.6 Å². The summed E-state index contributed by atoms with van der Waals surface area (Å²) in [4.78, 5) is 19.1. The van der Waals surface area contributed by atoms with Crippen LogP contribution in [0.3, 0.4) is 0 Å². The van der Waals surface area contributed by atoms with Crippen molar-refractivity contribution in [1.82, 2.24) is 15.3 Å². The molecule has 1 atom stereocenters. The molecule has 1 aliphatic rings. The Morgan fingerprint density at radius 2 is 2.08 bits per heavy atom. The lowest BCUT2D eigenvalue weighted by Crippen LogP contribution is -2.33. The summed E-state index contributed by atoms with van der Waals surface area (Å²) in [6, 6.07) is 13.1. The minimum atomic E-state index is -0.447. The zero-order valence-electron chi connectivity index (χ0n) is 14.5. The van der Waals surface area contributed by atoms with Gasteiger partial charge in [-0.25, -0.2) is 4.98 Å². The zero-order valence-corrected chi connectivity index (χ0v) is 14.5. The molecule has 0 spiro atoms. The average Bonchev–Trinajstić information content (AvgIpc) is 3.11. The van der Waals surface area contributed by atoms with E-state index >= 15 is 0 Å². The Hall–Kier alpha value is -2.86. The molecule has 1 saturated heterocycles. The number of rotatable bonds is 5. The first-order chi connectivity index (χ1) is 12.7. The number of nitrogens with two attached hydrogens (primary N) is 1. The number of aromatic nitrogens is 2. The van der Waals surface area contributed by atoms with Crippen molar-refractivity contribution in [3.8, 4) is 17.1 Å². The summed E-state index contributed by atoms with van der Waals surface area (Å²) in [5, 5.41) is 3.40. The lowest BCUT2D eigenvalue weighted by Gasteiger charge is -2.22. The highest BCUT2D eigenvalue weighted by molar-refractivity contribution is 5.96. The molecule has 6 nitrogen and oxygen atoms in total. The maximum Gasteiger partial charge on any atom is 0.248 e. The van der Waals surface area contributed by atoms with E-state index in [9.17, 15) is 4.79 Å². The highest BCUT2D eigenvalue weighted by Gasteiger charge is 2.13. The number of hydrogen-bond acceptors (Lipinski definition) is 4. The van der Waals surface area contributed by atoms with E-state index < -0.39 is 5.91 Å². The summed E-state index contributed by atoms with van der Waals surface area (Å²) in [7, 11) is 0. The molecule has 26 heavy (non-hydrogen) atoms. The van der Waals surface area contributed by atoms with Gasteiger partial charge in [-0.05, 0) is 61.9 Å². The van der Waals surface area contributed by atoms with Gasteiger partial charge in [0.2, 0.25) is 5.91 Å². The van der Waals surface area contributed by atoms with Crippen molar-refractivity contribution in [2.45, 2.75) is 12.8 Å². The monoisotopic (exact) mass is 350 g/mol. The van der Waals surface area contributed by atoms with Gasteiger partial charge in [0.15, 0.2) is 0 Å². The number of piperidine rings is 1. The van der Waals surface area contributed by atoms with Crippen LogP contribution >= 0.6 is 0 Å². The summed E-state index contributed by atoms with van der Waals surface area (Å²) in [6.45, 7) is 2.89. The van der Waals surface area contributed by atoms with E-state index in [1.165, 1.54) is 12.8 Å².